The Morgan fingerprint density at radius 3 is 2.39 bits per heavy atom. The van der Waals surface area contributed by atoms with Crippen molar-refractivity contribution in [2.75, 3.05) is 26.0 Å². The fourth-order valence-electron chi connectivity index (χ4n) is 1.49. The molecule has 0 spiro atoms. The van der Waals surface area contributed by atoms with Gasteiger partial charge < -0.3 is 15.4 Å². The smallest absolute Gasteiger partial charge is 0.228 e. The summed E-state index contributed by atoms with van der Waals surface area (Å²) < 4.78 is 31.3. The summed E-state index contributed by atoms with van der Waals surface area (Å²) in [4.78, 5) is 11.7. The van der Waals surface area contributed by atoms with Crippen molar-refractivity contribution in [3.05, 3.63) is 23.8 Å². The van der Waals surface area contributed by atoms with E-state index in [0.29, 0.717) is 6.54 Å². The van der Waals surface area contributed by atoms with E-state index >= 15 is 0 Å². The maximum atomic E-state index is 13.4. The van der Waals surface area contributed by atoms with Gasteiger partial charge in [0.1, 0.15) is 0 Å². The van der Waals surface area contributed by atoms with Gasteiger partial charge in [-0.15, -0.1) is 0 Å². The lowest BCUT2D eigenvalue weighted by molar-refractivity contribution is -0.119. The molecule has 2 N–H and O–H groups in total. The fraction of sp³-hybridized carbons (Fsp3) is 0.417. The molecule has 0 aliphatic heterocycles. The van der Waals surface area contributed by atoms with Crippen molar-refractivity contribution in [2.24, 2.45) is 5.92 Å². The summed E-state index contributed by atoms with van der Waals surface area (Å²) in [5.41, 5.74) is 0.0683. The maximum Gasteiger partial charge on any atom is 0.228 e. The molecule has 1 aromatic carbocycles. The van der Waals surface area contributed by atoms with Crippen molar-refractivity contribution < 1.29 is 18.3 Å². The molecule has 0 heterocycles. The van der Waals surface area contributed by atoms with Crippen molar-refractivity contribution in [2.45, 2.75) is 6.92 Å². The second kappa shape index (κ2) is 6.30. The minimum absolute atomic E-state index is 0.0683. The molecule has 100 valence electrons. The Morgan fingerprint density at radius 1 is 1.39 bits per heavy atom. The Hall–Kier alpha value is -1.69. The average Bonchev–Trinajstić information content (AvgIpc) is 2.28. The standard InChI is InChI=1S/C12H16F2N2O2/c1-7(6-15-2)12(17)16-8-4-9(13)11(18-3)10(14)5-8/h4-5,7,15H,6H2,1-3H3,(H,16,17). The zero-order valence-corrected chi connectivity index (χ0v) is 10.5. The highest BCUT2D eigenvalue weighted by Gasteiger charge is 2.15. The molecule has 0 fully saturated rings. The first-order valence-corrected chi connectivity index (χ1v) is 5.48. The zero-order chi connectivity index (χ0) is 13.7. The Kier molecular flexibility index (Phi) is 5.03. The summed E-state index contributed by atoms with van der Waals surface area (Å²) in [5, 5.41) is 5.29. The largest absolute Gasteiger partial charge is 0.491 e. The molecule has 4 nitrogen and oxygen atoms in total. The lowest BCUT2D eigenvalue weighted by Gasteiger charge is -2.12. The molecular formula is C12H16F2N2O2. The number of amides is 1. The third-order valence-electron chi connectivity index (χ3n) is 2.43. The van der Waals surface area contributed by atoms with Crippen LogP contribution in [0.3, 0.4) is 0 Å². The van der Waals surface area contributed by atoms with Gasteiger partial charge in [0, 0.05) is 30.3 Å². The van der Waals surface area contributed by atoms with Crippen LogP contribution in [0.1, 0.15) is 6.92 Å². The van der Waals surface area contributed by atoms with E-state index in [1.165, 1.54) is 7.11 Å². The molecule has 0 aliphatic rings. The lowest BCUT2D eigenvalue weighted by atomic mass is 10.1. The number of halogens is 2. The van der Waals surface area contributed by atoms with E-state index in [-0.39, 0.29) is 17.5 Å². The lowest BCUT2D eigenvalue weighted by Crippen LogP contribution is -2.28. The van der Waals surface area contributed by atoms with Gasteiger partial charge in [0.2, 0.25) is 5.91 Å². The van der Waals surface area contributed by atoms with Gasteiger partial charge in [0.05, 0.1) is 7.11 Å². The van der Waals surface area contributed by atoms with Crippen LogP contribution in [-0.2, 0) is 4.79 Å². The molecule has 0 radical (unpaired) electrons. The summed E-state index contributed by atoms with van der Waals surface area (Å²) in [7, 11) is 2.89. The van der Waals surface area contributed by atoms with Crippen molar-refractivity contribution in [1.82, 2.24) is 5.32 Å². The van der Waals surface area contributed by atoms with Crippen LogP contribution in [0.15, 0.2) is 12.1 Å². The SMILES string of the molecule is CNCC(C)C(=O)Nc1cc(F)c(OC)c(F)c1. The number of ether oxygens (including phenoxy) is 1. The normalized spacial score (nSPS) is 12.1. The molecule has 18 heavy (non-hydrogen) atoms. The Balaban J connectivity index is 2.83. The van der Waals surface area contributed by atoms with Gasteiger partial charge in [0.25, 0.3) is 0 Å². The van der Waals surface area contributed by atoms with Gasteiger partial charge in [-0.25, -0.2) is 8.78 Å². The second-order valence-corrected chi connectivity index (χ2v) is 3.92. The number of methoxy groups -OCH3 is 1. The first kappa shape index (κ1) is 14.4. The number of anilines is 1. The number of benzene rings is 1. The summed E-state index contributed by atoms with van der Waals surface area (Å²) in [6.45, 7) is 2.19. The van der Waals surface area contributed by atoms with E-state index in [1.807, 2.05) is 0 Å². The monoisotopic (exact) mass is 258 g/mol. The maximum absolute atomic E-state index is 13.4. The van der Waals surface area contributed by atoms with Gasteiger partial charge in [0.15, 0.2) is 17.4 Å². The molecule has 0 aromatic heterocycles. The van der Waals surface area contributed by atoms with Crippen molar-refractivity contribution >= 4 is 11.6 Å². The predicted octanol–water partition coefficient (Wildman–Crippen LogP) is 1.77. The van der Waals surface area contributed by atoms with Crippen LogP contribution in [0, 0.1) is 17.6 Å². The third kappa shape index (κ3) is 3.40. The highest BCUT2D eigenvalue weighted by atomic mass is 19.1. The van der Waals surface area contributed by atoms with Crippen molar-refractivity contribution in [1.29, 1.82) is 0 Å². The quantitative estimate of drug-likeness (QED) is 0.846. The highest BCUT2D eigenvalue weighted by molar-refractivity contribution is 5.92. The Bertz CT molecular complexity index is 415. The van der Waals surface area contributed by atoms with Gasteiger partial charge in [-0.2, -0.15) is 0 Å². The minimum atomic E-state index is -0.853. The zero-order valence-electron chi connectivity index (χ0n) is 10.5. The van der Waals surface area contributed by atoms with Gasteiger partial charge in [-0.05, 0) is 7.05 Å². The molecule has 1 amide bonds. The van der Waals surface area contributed by atoms with Crippen LogP contribution < -0.4 is 15.4 Å². The number of hydrogen-bond acceptors (Lipinski definition) is 3. The van der Waals surface area contributed by atoms with Crippen LogP contribution in [0.25, 0.3) is 0 Å². The number of carbonyl (C=O) groups is 1. The van der Waals surface area contributed by atoms with E-state index in [0.717, 1.165) is 12.1 Å². The molecule has 0 saturated carbocycles. The van der Waals surface area contributed by atoms with Crippen LogP contribution >= 0.6 is 0 Å². The number of carbonyl (C=O) groups excluding carboxylic acids is 1. The van der Waals surface area contributed by atoms with E-state index < -0.39 is 17.4 Å². The summed E-state index contributed by atoms with van der Waals surface area (Å²) in [6.07, 6.45) is 0. The average molecular weight is 258 g/mol. The van der Waals surface area contributed by atoms with Crippen molar-refractivity contribution in [3.8, 4) is 5.75 Å². The van der Waals surface area contributed by atoms with E-state index in [2.05, 4.69) is 15.4 Å². The van der Waals surface area contributed by atoms with Crippen molar-refractivity contribution in [3.63, 3.8) is 0 Å². The van der Waals surface area contributed by atoms with E-state index in [4.69, 9.17) is 0 Å². The molecule has 1 rings (SSSR count). The molecule has 0 aliphatic carbocycles. The third-order valence-corrected chi connectivity index (χ3v) is 2.43. The van der Waals surface area contributed by atoms with Gasteiger partial charge >= 0.3 is 0 Å². The highest BCUT2D eigenvalue weighted by Crippen LogP contribution is 2.25. The molecule has 0 saturated heterocycles. The summed E-state index contributed by atoms with van der Waals surface area (Å²) in [5.74, 6) is -2.78. The molecular weight excluding hydrogens is 242 g/mol. The molecule has 1 atom stereocenters. The van der Waals surface area contributed by atoms with Crippen LogP contribution in [0.4, 0.5) is 14.5 Å². The van der Waals surface area contributed by atoms with E-state index in [9.17, 15) is 13.6 Å². The Labute approximate surface area is 104 Å². The van der Waals surface area contributed by atoms with Gasteiger partial charge in [-0.1, -0.05) is 6.92 Å². The minimum Gasteiger partial charge on any atom is -0.491 e. The second-order valence-electron chi connectivity index (χ2n) is 3.92. The first-order chi connectivity index (χ1) is 8.49. The van der Waals surface area contributed by atoms with Gasteiger partial charge in [-0.3, -0.25) is 4.79 Å². The molecule has 1 unspecified atom stereocenters. The number of nitrogens with one attached hydrogen (secondary N) is 2. The summed E-state index contributed by atoms with van der Waals surface area (Å²) in [6, 6.07) is 2.04. The van der Waals surface area contributed by atoms with Crippen LogP contribution in [0.2, 0.25) is 0 Å². The topological polar surface area (TPSA) is 50.4 Å². The molecule has 0 bridgehead atoms. The molecule has 6 heteroatoms. The number of rotatable bonds is 5. The van der Waals surface area contributed by atoms with E-state index in [1.54, 1.807) is 14.0 Å². The van der Waals surface area contributed by atoms with Crippen LogP contribution in [-0.4, -0.2) is 26.6 Å². The first-order valence-electron chi connectivity index (χ1n) is 5.48. The summed E-state index contributed by atoms with van der Waals surface area (Å²) >= 11 is 0. The molecule has 1 aromatic rings. The van der Waals surface area contributed by atoms with Crippen LogP contribution in [0.5, 0.6) is 5.75 Å². The fourth-order valence-corrected chi connectivity index (χ4v) is 1.49. The Morgan fingerprint density at radius 2 is 1.94 bits per heavy atom. The number of hydrogen-bond donors (Lipinski definition) is 2. The predicted molar refractivity (Wildman–Crippen MR) is 64.6 cm³/mol.